The van der Waals surface area contributed by atoms with E-state index in [0.717, 1.165) is 27.8 Å². The highest BCUT2D eigenvalue weighted by atomic mass is 16.5. The third kappa shape index (κ3) is 4.42. The summed E-state index contributed by atoms with van der Waals surface area (Å²) < 4.78 is 5.67. The second-order valence-electron chi connectivity index (χ2n) is 7.53. The normalized spacial score (nSPS) is 15.1. The number of aliphatic carboxylic acids is 1. The second kappa shape index (κ2) is 8.59. The van der Waals surface area contributed by atoms with Gasteiger partial charge in [-0.2, -0.15) is 0 Å². The van der Waals surface area contributed by atoms with E-state index >= 15 is 0 Å². The van der Waals surface area contributed by atoms with Crippen LogP contribution in [0, 0.1) is 0 Å². The molecule has 0 spiro atoms. The summed E-state index contributed by atoms with van der Waals surface area (Å²) in [6.07, 6.45) is -0.0703. The first-order valence-electron chi connectivity index (χ1n) is 9.91. The quantitative estimate of drug-likeness (QED) is 0.468. The fourth-order valence-corrected chi connectivity index (χ4v) is 3.83. The molecule has 0 radical (unpaired) electrons. The highest BCUT2D eigenvalue weighted by Crippen LogP contribution is 2.46. The van der Waals surface area contributed by atoms with Crippen LogP contribution in [-0.4, -0.2) is 34.7 Å². The van der Waals surface area contributed by atoms with Crippen LogP contribution in [0.1, 0.15) is 22.8 Å². The Kier molecular flexibility index (Phi) is 5.70. The van der Waals surface area contributed by atoms with E-state index in [4.69, 9.17) is 9.84 Å². The molecule has 1 unspecified atom stereocenters. The molecule has 158 valence electrons. The number of ether oxygens (including phenoxy) is 1. The number of carbonyl (C=O) groups is 2. The van der Waals surface area contributed by atoms with Crippen LogP contribution in [-0.2, 0) is 20.7 Å². The maximum atomic E-state index is 12.7. The van der Waals surface area contributed by atoms with Gasteiger partial charge in [-0.25, -0.2) is 4.79 Å². The minimum absolute atomic E-state index is 0.174. The molecule has 0 bridgehead atoms. The van der Waals surface area contributed by atoms with Crippen molar-refractivity contribution in [2.24, 2.45) is 0 Å². The highest BCUT2D eigenvalue weighted by Gasteiger charge is 2.30. The van der Waals surface area contributed by atoms with Crippen molar-refractivity contribution in [2.75, 3.05) is 11.9 Å². The zero-order valence-electron chi connectivity index (χ0n) is 16.7. The van der Waals surface area contributed by atoms with Crippen LogP contribution in [0.3, 0.4) is 0 Å². The van der Waals surface area contributed by atoms with E-state index in [2.05, 4.69) is 11.1 Å². The van der Waals surface area contributed by atoms with Crippen LogP contribution < -0.4 is 11.1 Å². The third-order valence-corrected chi connectivity index (χ3v) is 5.30. The third-order valence-electron chi connectivity index (χ3n) is 5.30. The van der Waals surface area contributed by atoms with Crippen molar-refractivity contribution in [3.05, 3.63) is 83.4 Å². The maximum Gasteiger partial charge on any atom is 0.329 e. The molecule has 1 aliphatic rings. The van der Waals surface area contributed by atoms with E-state index in [0.29, 0.717) is 12.1 Å². The lowest BCUT2D eigenvalue weighted by Gasteiger charge is -2.15. The van der Waals surface area contributed by atoms with E-state index in [1.807, 2.05) is 42.5 Å². The van der Waals surface area contributed by atoms with Crippen LogP contribution in [0.25, 0.3) is 11.1 Å². The lowest BCUT2D eigenvalue weighted by molar-refractivity contribution is -0.402. The van der Waals surface area contributed by atoms with E-state index in [1.54, 1.807) is 24.3 Å². The van der Waals surface area contributed by atoms with E-state index in [-0.39, 0.29) is 11.7 Å². The molecular weight excluding hydrogens is 396 g/mol. The summed E-state index contributed by atoms with van der Waals surface area (Å²) in [4.78, 5) is 23.7. The Morgan fingerprint density at radius 2 is 1.71 bits per heavy atom. The van der Waals surface area contributed by atoms with Gasteiger partial charge in [0, 0.05) is 12.1 Å². The zero-order valence-corrected chi connectivity index (χ0v) is 16.7. The Bertz CT molecular complexity index is 1130. The molecule has 3 aromatic rings. The smallest absolute Gasteiger partial charge is 0.329 e. The fraction of sp³-hybridized carbons (Fsp3) is 0.167. The molecule has 0 aliphatic heterocycles. The first kappa shape index (κ1) is 20.6. The number of aromatic hydroxyl groups is 1. The van der Waals surface area contributed by atoms with Gasteiger partial charge in [0.25, 0.3) is 5.91 Å². The Labute approximate surface area is 179 Å². The Balaban J connectivity index is 1.52. The van der Waals surface area contributed by atoms with E-state index in [1.165, 1.54) is 0 Å². The molecule has 31 heavy (non-hydrogen) atoms. The number of rotatable bonds is 7. The number of anilines is 1. The topological polar surface area (TPSA) is 124 Å². The summed E-state index contributed by atoms with van der Waals surface area (Å²) in [6, 6.07) is 19.4. The minimum Gasteiger partial charge on any atom is -0.508 e. The minimum atomic E-state index is -1.04. The SMILES string of the molecule is [NH3+][C@@H](Cc1ccc(O)cc1)C(=O)Nc1ccc2c(c1)C(OCC(=O)O)c1ccccc1-2. The van der Waals surface area contributed by atoms with Crippen LogP contribution >= 0.6 is 0 Å². The van der Waals surface area contributed by atoms with Crippen molar-refractivity contribution in [3.63, 3.8) is 0 Å². The lowest BCUT2D eigenvalue weighted by atomic mass is 10.0. The number of quaternary nitrogens is 1. The van der Waals surface area contributed by atoms with Gasteiger partial charge < -0.3 is 26.0 Å². The molecule has 4 rings (SSSR count). The number of carboxylic acids is 1. The molecule has 7 nitrogen and oxygen atoms in total. The second-order valence-corrected chi connectivity index (χ2v) is 7.53. The number of benzene rings is 3. The van der Waals surface area contributed by atoms with Crippen LogP contribution in [0.5, 0.6) is 5.75 Å². The van der Waals surface area contributed by atoms with Gasteiger partial charge in [-0.3, -0.25) is 4.79 Å². The molecule has 1 aliphatic carbocycles. The van der Waals surface area contributed by atoms with Gasteiger partial charge in [-0.1, -0.05) is 42.5 Å². The number of carbonyl (C=O) groups excluding carboxylic acids is 1. The molecule has 7 heteroatoms. The van der Waals surface area contributed by atoms with Gasteiger partial charge in [0.15, 0.2) is 6.04 Å². The van der Waals surface area contributed by atoms with Gasteiger partial charge in [0.1, 0.15) is 18.5 Å². The molecule has 1 amide bonds. The summed E-state index contributed by atoms with van der Waals surface area (Å²) in [5, 5.41) is 21.3. The monoisotopic (exact) mass is 419 g/mol. The number of nitrogens with one attached hydrogen (secondary N) is 1. The Morgan fingerprint density at radius 1 is 1.00 bits per heavy atom. The lowest BCUT2D eigenvalue weighted by Crippen LogP contribution is -2.67. The van der Waals surface area contributed by atoms with E-state index < -0.39 is 24.7 Å². The standard InChI is InChI=1S/C24H22N2O5/c25-21(11-14-5-8-16(27)9-6-14)24(30)26-15-7-10-18-17-3-1-2-4-19(17)23(20(18)12-15)31-13-22(28)29/h1-10,12,21,23,27H,11,13,25H2,(H,26,30)(H,28,29)/p+1/t21-,23?/m0/s1. The zero-order chi connectivity index (χ0) is 22.0. The average molecular weight is 419 g/mol. The fourth-order valence-electron chi connectivity index (χ4n) is 3.83. The molecular formula is C24H23N2O5+. The Hall–Kier alpha value is -3.68. The first-order valence-corrected chi connectivity index (χ1v) is 9.91. The summed E-state index contributed by atoms with van der Waals surface area (Å²) in [6.45, 7) is -0.414. The molecule has 3 aromatic carbocycles. The van der Waals surface area contributed by atoms with Gasteiger partial charge >= 0.3 is 5.97 Å². The number of hydrogen-bond donors (Lipinski definition) is 4. The van der Waals surface area contributed by atoms with Crippen molar-refractivity contribution in [2.45, 2.75) is 18.6 Å². The molecule has 6 N–H and O–H groups in total. The van der Waals surface area contributed by atoms with Gasteiger partial charge in [-0.05, 0) is 52.1 Å². The predicted molar refractivity (Wildman–Crippen MR) is 114 cm³/mol. The van der Waals surface area contributed by atoms with Crippen molar-refractivity contribution in [3.8, 4) is 16.9 Å². The molecule has 0 saturated carbocycles. The largest absolute Gasteiger partial charge is 0.508 e. The van der Waals surface area contributed by atoms with Gasteiger partial charge in [0.2, 0.25) is 0 Å². The molecule has 0 saturated heterocycles. The number of hydrogen-bond acceptors (Lipinski definition) is 4. The van der Waals surface area contributed by atoms with Crippen LogP contribution in [0.2, 0.25) is 0 Å². The summed E-state index contributed by atoms with van der Waals surface area (Å²) in [5.41, 5.74) is 9.13. The molecule has 2 atom stereocenters. The summed E-state index contributed by atoms with van der Waals surface area (Å²) in [7, 11) is 0. The summed E-state index contributed by atoms with van der Waals surface area (Å²) in [5.74, 6) is -1.09. The van der Waals surface area contributed by atoms with Crippen molar-refractivity contribution in [1.29, 1.82) is 0 Å². The number of fused-ring (bicyclic) bond motifs is 3. The van der Waals surface area contributed by atoms with Gasteiger partial charge in [0.05, 0.1) is 0 Å². The molecule has 0 heterocycles. The molecule has 0 fully saturated rings. The highest BCUT2D eigenvalue weighted by molar-refractivity contribution is 5.94. The predicted octanol–water partition coefficient (Wildman–Crippen LogP) is 2.35. The first-order chi connectivity index (χ1) is 14.9. The van der Waals surface area contributed by atoms with Crippen molar-refractivity contribution in [1.82, 2.24) is 0 Å². The molecule has 0 aromatic heterocycles. The Morgan fingerprint density at radius 3 is 2.45 bits per heavy atom. The number of phenols is 1. The van der Waals surface area contributed by atoms with Crippen LogP contribution in [0.15, 0.2) is 66.7 Å². The van der Waals surface area contributed by atoms with Crippen molar-refractivity contribution < 1.29 is 30.3 Å². The maximum absolute atomic E-state index is 12.7. The summed E-state index contributed by atoms with van der Waals surface area (Å²) >= 11 is 0. The average Bonchev–Trinajstić information content (AvgIpc) is 3.06. The van der Waals surface area contributed by atoms with Crippen LogP contribution in [0.4, 0.5) is 5.69 Å². The van der Waals surface area contributed by atoms with Crippen molar-refractivity contribution >= 4 is 17.6 Å². The number of phenolic OH excluding ortho intramolecular Hbond substituents is 1. The number of carboxylic acid groups (broad SMARTS) is 1. The van der Waals surface area contributed by atoms with Gasteiger partial charge in [-0.15, -0.1) is 0 Å². The number of amides is 1. The van der Waals surface area contributed by atoms with E-state index in [9.17, 15) is 14.7 Å².